The molecule has 14 heavy (non-hydrogen) atoms. The van der Waals surface area contributed by atoms with Gasteiger partial charge < -0.3 is 5.11 Å². The van der Waals surface area contributed by atoms with E-state index in [4.69, 9.17) is 0 Å². The second-order valence-corrected chi connectivity index (χ2v) is 3.81. The molecule has 74 valence electrons. The molecule has 1 atom stereocenters. The molecule has 0 radical (unpaired) electrons. The summed E-state index contributed by atoms with van der Waals surface area (Å²) in [4.78, 5) is 11.9. The Bertz CT molecular complexity index is 369. The number of phenolic OH excluding ortho intramolecular Hbond substituents is 1. The van der Waals surface area contributed by atoms with Gasteiger partial charge in [-0.25, -0.2) is 0 Å². The molecule has 1 N–H and O–H groups in total. The first kappa shape index (κ1) is 9.25. The van der Waals surface area contributed by atoms with E-state index in [1.165, 1.54) is 0 Å². The highest BCUT2D eigenvalue weighted by atomic mass is 16.3. The van der Waals surface area contributed by atoms with Crippen molar-refractivity contribution in [3.63, 3.8) is 0 Å². The molecule has 1 aliphatic rings. The maximum Gasteiger partial charge on any atom is 0.166 e. The third-order valence-electron chi connectivity index (χ3n) is 3.02. The molecule has 0 saturated heterocycles. The Hall–Kier alpha value is -1.31. The van der Waals surface area contributed by atoms with Crippen molar-refractivity contribution in [3.05, 3.63) is 29.3 Å². The van der Waals surface area contributed by atoms with E-state index in [1.54, 1.807) is 12.1 Å². The number of fused-ring (bicyclic) bond motifs is 1. The lowest BCUT2D eigenvalue weighted by Crippen LogP contribution is -2.21. The summed E-state index contributed by atoms with van der Waals surface area (Å²) in [6, 6.07) is 5.21. The van der Waals surface area contributed by atoms with Crippen molar-refractivity contribution >= 4 is 5.78 Å². The number of Topliss-reactive ketones (excluding diaryl/α,β-unsaturated/α-hetero) is 1. The monoisotopic (exact) mass is 190 g/mol. The van der Waals surface area contributed by atoms with Crippen LogP contribution in [0.5, 0.6) is 5.75 Å². The molecule has 0 fully saturated rings. The number of rotatable bonds is 1. The van der Waals surface area contributed by atoms with Gasteiger partial charge in [0.1, 0.15) is 5.75 Å². The van der Waals surface area contributed by atoms with Crippen LogP contribution in [0, 0.1) is 5.92 Å². The van der Waals surface area contributed by atoms with E-state index in [-0.39, 0.29) is 17.5 Å². The van der Waals surface area contributed by atoms with Crippen LogP contribution in [-0.2, 0) is 6.42 Å². The average molecular weight is 190 g/mol. The fourth-order valence-electron chi connectivity index (χ4n) is 2.13. The maximum atomic E-state index is 11.9. The van der Waals surface area contributed by atoms with Crippen molar-refractivity contribution < 1.29 is 9.90 Å². The molecular weight excluding hydrogens is 176 g/mol. The van der Waals surface area contributed by atoms with Crippen LogP contribution in [-0.4, -0.2) is 10.9 Å². The van der Waals surface area contributed by atoms with E-state index >= 15 is 0 Å². The summed E-state index contributed by atoms with van der Waals surface area (Å²) in [6.45, 7) is 2.04. The molecule has 0 aromatic heterocycles. The van der Waals surface area contributed by atoms with E-state index in [0.717, 1.165) is 30.4 Å². The molecule has 1 unspecified atom stereocenters. The van der Waals surface area contributed by atoms with Gasteiger partial charge in [-0.1, -0.05) is 19.1 Å². The highest BCUT2D eigenvalue weighted by Crippen LogP contribution is 2.32. The number of carbonyl (C=O) groups excluding carboxylic acids is 1. The molecule has 1 aromatic rings. The molecule has 1 aromatic carbocycles. The van der Waals surface area contributed by atoms with Crippen LogP contribution in [0.25, 0.3) is 0 Å². The van der Waals surface area contributed by atoms with E-state index in [9.17, 15) is 9.90 Å². The summed E-state index contributed by atoms with van der Waals surface area (Å²) in [5.74, 6) is 0.624. The second-order valence-electron chi connectivity index (χ2n) is 3.81. The van der Waals surface area contributed by atoms with Gasteiger partial charge in [-0.2, -0.15) is 0 Å². The molecule has 2 nitrogen and oxygen atoms in total. The number of ketones is 1. The Balaban J connectivity index is 2.46. The fourth-order valence-corrected chi connectivity index (χ4v) is 2.13. The van der Waals surface area contributed by atoms with Gasteiger partial charge in [0, 0.05) is 17.0 Å². The van der Waals surface area contributed by atoms with Gasteiger partial charge in [-0.05, 0) is 25.3 Å². The van der Waals surface area contributed by atoms with Crippen LogP contribution in [0.15, 0.2) is 18.2 Å². The largest absolute Gasteiger partial charge is 0.508 e. The Morgan fingerprint density at radius 1 is 1.50 bits per heavy atom. The van der Waals surface area contributed by atoms with Crippen LogP contribution >= 0.6 is 0 Å². The number of phenols is 1. The molecule has 0 amide bonds. The smallest absolute Gasteiger partial charge is 0.166 e. The zero-order valence-corrected chi connectivity index (χ0v) is 8.29. The lowest BCUT2D eigenvalue weighted by Gasteiger charge is -2.22. The summed E-state index contributed by atoms with van der Waals surface area (Å²) < 4.78 is 0. The van der Waals surface area contributed by atoms with E-state index < -0.39 is 0 Å². The zero-order valence-electron chi connectivity index (χ0n) is 8.29. The first-order valence-electron chi connectivity index (χ1n) is 5.09. The van der Waals surface area contributed by atoms with Gasteiger partial charge in [0.2, 0.25) is 0 Å². The van der Waals surface area contributed by atoms with Crippen molar-refractivity contribution in [3.8, 4) is 5.75 Å². The first-order chi connectivity index (χ1) is 6.74. The summed E-state index contributed by atoms with van der Waals surface area (Å²) >= 11 is 0. The summed E-state index contributed by atoms with van der Waals surface area (Å²) in [5, 5.41) is 9.58. The number of benzene rings is 1. The van der Waals surface area contributed by atoms with Crippen LogP contribution in [0.3, 0.4) is 0 Å². The highest BCUT2D eigenvalue weighted by Gasteiger charge is 2.27. The predicted octanol–water partition coefficient (Wildman–Crippen LogP) is 2.55. The van der Waals surface area contributed by atoms with Gasteiger partial charge in [0.15, 0.2) is 5.78 Å². The molecule has 0 saturated carbocycles. The Morgan fingerprint density at radius 3 is 3.00 bits per heavy atom. The van der Waals surface area contributed by atoms with Gasteiger partial charge in [0.05, 0.1) is 0 Å². The van der Waals surface area contributed by atoms with Crippen molar-refractivity contribution in [1.29, 1.82) is 0 Å². The molecular formula is C12H14O2. The molecule has 2 rings (SSSR count). The fraction of sp³-hybridized carbons (Fsp3) is 0.417. The Labute approximate surface area is 83.6 Å². The SMILES string of the molecule is CCC1CCc2c(O)cccc2C1=O. The van der Waals surface area contributed by atoms with E-state index in [0.29, 0.717) is 0 Å². The Morgan fingerprint density at radius 2 is 2.29 bits per heavy atom. The molecule has 0 spiro atoms. The van der Waals surface area contributed by atoms with E-state index in [2.05, 4.69) is 0 Å². The summed E-state index contributed by atoms with van der Waals surface area (Å²) in [5.41, 5.74) is 1.56. The van der Waals surface area contributed by atoms with Gasteiger partial charge in [0.25, 0.3) is 0 Å². The van der Waals surface area contributed by atoms with Crippen molar-refractivity contribution in [2.24, 2.45) is 5.92 Å². The van der Waals surface area contributed by atoms with Crippen molar-refractivity contribution in [2.75, 3.05) is 0 Å². The number of aromatic hydroxyl groups is 1. The molecule has 1 aliphatic carbocycles. The second kappa shape index (κ2) is 3.45. The number of hydrogen-bond donors (Lipinski definition) is 1. The average Bonchev–Trinajstić information content (AvgIpc) is 2.20. The molecule has 0 aliphatic heterocycles. The van der Waals surface area contributed by atoms with Crippen LogP contribution in [0.1, 0.15) is 35.7 Å². The standard InChI is InChI=1S/C12H14O2/c1-2-8-6-7-9-10(12(8)14)4-3-5-11(9)13/h3-5,8,13H,2,6-7H2,1H3. The molecule has 0 bridgehead atoms. The summed E-state index contributed by atoms with van der Waals surface area (Å²) in [7, 11) is 0. The maximum absolute atomic E-state index is 11.9. The number of hydrogen-bond acceptors (Lipinski definition) is 2. The minimum atomic E-state index is 0.157. The molecule has 0 heterocycles. The Kier molecular flexibility index (Phi) is 2.28. The van der Waals surface area contributed by atoms with Crippen LogP contribution in [0.2, 0.25) is 0 Å². The zero-order chi connectivity index (χ0) is 10.1. The summed E-state index contributed by atoms with van der Waals surface area (Å²) in [6.07, 6.45) is 2.60. The van der Waals surface area contributed by atoms with Crippen LogP contribution < -0.4 is 0 Å². The van der Waals surface area contributed by atoms with Crippen molar-refractivity contribution in [2.45, 2.75) is 26.2 Å². The topological polar surface area (TPSA) is 37.3 Å². The molecule has 2 heteroatoms. The third-order valence-corrected chi connectivity index (χ3v) is 3.02. The van der Waals surface area contributed by atoms with Crippen LogP contribution in [0.4, 0.5) is 0 Å². The highest BCUT2D eigenvalue weighted by molar-refractivity contribution is 6.00. The van der Waals surface area contributed by atoms with E-state index in [1.807, 2.05) is 13.0 Å². The van der Waals surface area contributed by atoms with Crippen molar-refractivity contribution in [1.82, 2.24) is 0 Å². The van der Waals surface area contributed by atoms with Gasteiger partial charge in [-0.15, -0.1) is 0 Å². The predicted molar refractivity (Wildman–Crippen MR) is 54.5 cm³/mol. The van der Waals surface area contributed by atoms with Gasteiger partial charge in [-0.3, -0.25) is 4.79 Å². The quantitative estimate of drug-likeness (QED) is 0.738. The van der Waals surface area contributed by atoms with Gasteiger partial charge >= 0.3 is 0 Å². The normalized spacial score (nSPS) is 20.6. The minimum Gasteiger partial charge on any atom is -0.508 e. The lowest BCUT2D eigenvalue weighted by atomic mass is 9.81. The lowest BCUT2D eigenvalue weighted by molar-refractivity contribution is 0.0897. The third kappa shape index (κ3) is 1.31. The number of carbonyl (C=O) groups is 1. The first-order valence-corrected chi connectivity index (χ1v) is 5.09. The minimum absolute atomic E-state index is 0.157.